The van der Waals surface area contributed by atoms with Crippen LogP contribution < -0.4 is 4.90 Å². The van der Waals surface area contributed by atoms with Gasteiger partial charge in [0.2, 0.25) is 5.95 Å². The van der Waals surface area contributed by atoms with Crippen LogP contribution >= 0.6 is 11.6 Å². The van der Waals surface area contributed by atoms with Crippen LogP contribution in [0.1, 0.15) is 37.1 Å². The Balaban J connectivity index is 2.11. The topological polar surface area (TPSA) is 41.9 Å². The summed E-state index contributed by atoms with van der Waals surface area (Å²) >= 11 is 5.76. The highest BCUT2D eigenvalue weighted by atomic mass is 35.5. The van der Waals surface area contributed by atoms with Crippen molar-refractivity contribution < 1.29 is 0 Å². The van der Waals surface area contributed by atoms with Gasteiger partial charge >= 0.3 is 0 Å². The lowest BCUT2D eigenvalue weighted by Gasteiger charge is -2.24. The van der Waals surface area contributed by atoms with Gasteiger partial charge < -0.3 is 4.90 Å². The molecule has 0 saturated carbocycles. The summed E-state index contributed by atoms with van der Waals surface area (Å²) in [5.74, 6) is 1.52. The van der Waals surface area contributed by atoms with E-state index < -0.39 is 0 Å². The number of hydrogen-bond acceptors (Lipinski definition) is 4. The smallest absolute Gasteiger partial charge is 0.245 e. The molecule has 2 heterocycles. The van der Waals surface area contributed by atoms with E-state index in [2.05, 4.69) is 20.1 Å². The fourth-order valence-electron chi connectivity index (χ4n) is 2.28. The van der Waals surface area contributed by atoms with E-state index in [9.17, 15) is 0 Å². The van der Waals surface area contributed by atoms with Crippen LogP contribution in [0.3, 0.4) is 0 Å². The van der Waals surface area contributed by atoms with Gasteiger partial charge in [0, 0.05) is 18.5 Å². The molecule has 0 aliphatic carbocycles. The third-order valence-corrected chi connectivity index (χ3v) is 3.65. The zero-order valence-electron chi connectivity index (χ0n) is 10.5. The van der Waals surface area contributed by atoms with Gasteiger partial charge in [0.15, 0.2) is 0 Å². The number of anilines is 1. The predicted molar refractivity (Wildman–Crippen MR) is 69.6 cm³/mol. The summed E-state index contributed by atoms with van der Waals surface area (Å²) in [5.41, 5.74) is 1.88. The molecule has 0 amide bonds. The Morgan fingerprint density at radius 1 is 1.29 bits per heavy atom. The predicted octanol–water partition coefficient (Wildman–Crippen LogP) is 2.48. The second-order valence-electron chi connectivity index (χ2n) is 4.60. The van der Waals surface area contributed by atoms with Crippen molar-refractivity contribution in [3.63, 3.8) is 0 Å². The van der Waals surface area contributed by atoms with Gasteiger partial charge in [-0.25, -0.2) is 4.98 Å². The maximum atomic E-state index is 5.76. The molecule has 1 aliphatic heterocycles. The van der Waals surface area contributed by atoms with Crippen LogP contribution in [0.15, 0.2) is 0 Å². The summed E-state index contributed by atoms with van der Waals surface area (Å²) < 4.78 is 0. The van der Waals surface area contributed by atoms with E-state index in [1.165, 1.54) is 12.8 Å². The van der Waals surface area contributed by atoms with Crippen molar-refractivity contribution in [3.05, 3.63) is 11.4 Å². The van der Waals surface area contributed by atoms with Crippen LogP contribution in [-0.2, 0) is 0 Å². The molecule has 1 saturated heterocycles. The molecule has 2 rings (SSSR count). The molecule has 1 unspecified atom stereocenters. The number of aryl methyl sites for hydroxylation is 2. The molecule has 1 fully saturated rings. The maximum Gasteiger partial charge on any atom is 0.245 e. The van der Waals surface area contributed by atoms with E-state index in [-0.39, 0.29) is 0 Å². The van der Waals surface area contributed by atoms with Gasteiger partial charge in [-0.05, 0) is 39.5 Å². The van der Waals surface area contributed by atoms with Crippen LogP contribution in [-0.4, -0.2) is 33.6 Å². The first kappa shape index (κ1) is 12.6. The standard InChI is InChI=1S/C12H19ClN4/c1-9-10(2)15-16-12(14-9)17-8-4-6-11(17)5-3-7-13/h11H,3-8H2,1-2H3. The van der Waals surface area contributed by atoms with Gasteiger partial charge in [0.25, 0.3) is 0 Å². The lowest BCUT2D eigenvalue weighted by molar-refractivity contribution is 0.589. The Morgan fingerprint density at radius 3 is 2.82 bits per heavy atom. The van der Waals surface area contributed by atoms with E-state index in [1.54, 1.807) is 0 Å². The molecule has 0 bridgehead atoms. The Morgan fingerprint density at radius 2 is 2.12 bits per heavy atom. The molecule has 0 spiro atoms. The molecule has 94 valence electrons. The Labute approximate surface area is 107 Å². The largest absolute Gasteiger partial charge is 0.337 e. The maximum absolute atomic E-state index is 5.76. The molecule has 1 aromatic rings. The van der Waals surface area contributed by atoms with Crippen LogP contribution in [0.4, 0.5) is 5.95 Å². The second kappa shape index (κ2) is 5.63. The molecule has 0 aromatic carbocycles. The van der Waals surface area contributed by atoms with Crippen molar-refractivity contribution in [2.24, 2.45) is 0 Å². The van der Waals surface area contributed by atoms with Gasteiger partial charge in [0.1, 0.15) is 0 Å². The summed E-state index contributed by atoms with van der Waals surface area (Å²) in [4.78, 5) is 6.82. The van der Waals surface area contributed by atoms with Crippen molar-refractivity contribution in [2.75, 3.05) is 17.3 Å². The minimum absolute atomic E-state index is 0.539. The third-order valence-electron chi connectivity index (χ3n) is 3.39. The van der Waals surface area contributed by atoms with Gasteiger partial charge in [-0.2, -0.15) is 5.10 Å². The second-order valence-corrected chi connectivity index (χ2v) is 4.98. The van der Waals surface area contributed by atoms with E-state index in [0.717, 1.165) is 42.6 Å². The molecule has 4 nitrogen and oxygen atoms in total. The van der Waals surface area contributed by atoms with E-state index in [0.29, 0.717) is 6.04 Å². The molecular weight excluding hydrogens is 236 g/mol. The quantitative estimate of drug-likeness (QED) is 0.775. The van der Waals surface area contributed by atoms with Gasteiger partial charge in [-0.15, -0.1) is 16.7 Å². The highest BCUT2D eigenvalue weighted by Crippen LogP contribution is 2.25. The normalized spacial score (nSPS) is 19.9. The molecule has 0 radical (unpaired) electrons. The summed E-state index contributed by atoms with van der Waals surface area (Å²) in [7, 11) is 0. The minimum atomic E-state index is 0.539. The number of rotatable bonds is 4. The Hall–Kier alpha value is -0.900. The molecule has 17 heavy (non-hydrogen) atoms. The molecule has 1 aromatic heterocycles. The SMILES string of the molecule is Cc1nnc(N2CCCC2CCCCl)nc1C. The Kier molecular flexibility index (Phi) is 4.15. The van der Waals surface area contributed by atoms with Crippen LogP contribution in [0.5, 0.6) is 0 Å². The van der Waals surface area contributed by atoms with Gasteiger partial charge in [-0.3, -0.25) is 0 Å². The van der Waals surface area contributed by atoms with Gasteiger partial charge in [0.05, 0.1) is 11.4 Å². The van der Waals surface area contributed by atoms with Crippen molar-refractivity contribution in [1.82, 2.24) is 15.2 Å². The lowest BCUT2D eigenvalue weighted by atomic mass is 10.1. The molecule has 0 N–H and O–H groups in total. The first-order chi connectivity index (χ1) is 8.22. The molecule has 1 atom stereocenters. The highest BCUT2D eigenvalue weighted by Gasteiger charge is 2.26. The number of hydrogen-bond donors (Lipinski definition) is 0. The average Bonchev–Trinajstić information content (AvgIpc) is 2.78. The van der Waals surface area contributed by atoms with E-state index >= 15 is 0 Å². The molecule has 5 heteroatoms. The van der Waals surface area contributed by atoms with E-state index in [4.69, 9.17) is 11.6 Å². The monoisotopic (exact) mass is 254 g/mol. The number of nitrogens with zero attached hydrogens (tertiary/aromatic N) is 4. The van der Waals surface area contributed by atoms with E-state index in [1.807, 2.05) is 13.8 Å². The number of aromatic nitrogens is 3. The zero-order chi connectivity index (χ0) is 12.3. The van der Waals surface area contributed by atoms with Crippen LogP contribution in [0.2, 0.25) is 0 Å². The zero-order valence-corrected chi connectivity index (χ0v) is 11.2. The summed E-state index contributed by atoms with van der Waals surface area (Å²) in [6.07, 6.45) is 4.61. The molecular formula is C12H19ClN4. The van der Waals surface area contributed by atoms with Crippen molar-refractivity contribution in [2.45, 2.75) is 45.6 Å². The molecule has 1 aliphatic rings. The minimum Gasteiger partial charge on any atom is -0.337 e. The number of halogens is 1. The number of alkyl halides is 1. The summed E-state index contributed by atoms with van der Waals surface area (Å²) in [5, 5.41) is 8.37. The van der Waals surface area contributed by atoms with Crippen LogP contribution in [0.25, 0.3) is 0 Å². The van der Waals surface area contributed by atoms with Crippen molar-refractivity contribution >= 4 is 17.5 Å². The van der Waals surface area contributed by atoms with Crippen LogP contribution in [0, 0.1) is 13.8 Å². The first-order valence-corrected chi connectivity index (χ1v) is 6.76. The van der Waals surface area contributed by atoms with Crippen molar-refractivity contribution in [3.8, 4) is 0 Å². The Bertz CT molecular complexity index is 383. The van der Waals surface area contributed by atoms with Gasteiger partial charge in [-0.1, -0.05) is 0 Å². The highest BCUT2D eigenvalue weighted by molar-refractivity contribution is 6.17. The fraction of sp³-hybridized carbons (Fsp3) is 0.750. The lowest BCUT2D eigenvalue weighted by Crippen LogP contribution is -2.31. The van der Waals surface area contributed by atoms with Crippen molar-refractivity contribution in [1.29, 1.82) is 0 Å². The average molecular weight is 255 g/mol. The summed E-state index contributed by atoms with van der Waals surface area (Å²) in [6, 6.07) is 0.539. The first-order valence-electron chi connectivity index (χ1n) is 6.23. The fourth-order valence-corrected chi connectivity index (χ4v) is 2.43. The summed E-state index contributed by atoms with van der Waals surface area (Å²) in [6.45, 7) is 4.96. The third kappa shape index (κ3) is 2.86.